The summed E-state index contributed by atoms with van der Waals surface area (Å²) in [6.45, 7) is 6.24. The lowest BCUT2D eigenvalue weighted by atomic mass is 10.1. The quantitative estimate of drug-likeness (QED) is 0.452. The zero-order valence-corrected chi connectivity index (χ0v) is 14.6. The van der Waals surface area contributed by atoms with Crippen molar-refractivity contribution in [3.05, 3.63) is 12.7 Å². The van der Waals surface area contributed by atoms with Crippen LogP contribution in [0.5, 0.6) is 0 Å². The largest absolute Gasteiger partial charge is 0.357 e. The number of thioether (sulfide) groups is 1. The van der Waals surface area contributed by atoms with E-state index in [1.54, 1.807) is 6.08 Å². The minimum Gasteiger partial charge on any atom is -0.357 e. The maximum atomic E-state index is 12.3. The van der Waals surface area contributed by atoms with Crippen LogP contribution in [0, 0.1) is 0 Å². The molecule has 1 saturated carbocycles. The highest BCUT2D eigenvalue weighted by Gasteiger charge is 2.21. The van der Waals surface area contributed by atoms with Gasteiger partial charge in [0, 0.05) is 12.6 Å². The van der Waals surface area contributed by atoms with Gasteiger partial charge in [0.25, 0.3) is 0 Å². The van der Waals surface area contributed by atoms with Crippen molar-refractivity contribution in [2.45, 2.75) is 61.1 Å². The lowest BCUT2D eigenvalue weighted by molar-refractivity contribution is -0.121. The van der Waals surface area contributed by atoms with Gasteiger partial charge in [0.05, 0.1) is 5.25 Å². The molecule has 1 atom stereocenters. The SMILES string of the molecule is C=CCNc1nnc(S[C@@H](C)C(=O)NC2CCCCCC2)s1. The van der Waals surface area contributed by atoms with Crippen molar-refractivity contribution in [1.29, 1.82) is 0 Å². The minimum atomic E-state index is -0.150. The molecule has 7 heteroatoms. The van der Waals surface area contributed by atoms with Crippen molar-refractivity contribution in [2.75, 3.05) is 11.9 Å². The fourth-order valence-corrected chi connectivity index (χ4v) is 4.35. The third-order valence-electron chi connectivity index (χ3n) is 3.65. The highest BCUT2D eigenvalue weighted by molar-refractivity contribution is 8.02. The first kappa shape index (κ1) is 17.3. The van der Waals surface area contributed by atoms with E-state index in [2.05, 4.69) is 27.4 Å². The molecule has 0 bridgehead atoms. The average Bonchev–Trinajstić information content (AvgIpc) is 2.79. The molecular formula is C15H24N4OS2. The van der Waals surface area contributed by atoms with Crippen molar-refractivity contribution >= 4 is 34.1 Å². The first-order chi connectivity index (χ1) is 10.7. The van der Waals surface area contributed by atoms with Crippen molar-refractivity contribution in [3.8, 4) is 0 Å². The molecule has 1 fully saturated rings. The molecule has 1 amide bonds. The van der Waals surface area contributed by atoms with Gasteiger partial charge in [-0.2, -0.15) is 0 Å². The van der Waals surface area contributed by atoms with E-state index in [1.807, 2.05) is 6.92 Å². The Hall–Kier alpha value is -1.08. The number of nitrogens with zero attached hydrogens (tertiary/aromatic N) is 2. The van der Waals surface area contributed by atoms with Gasteiger partial charge >= 0.3 is 0 Å². The lowest BCUT2D eigenvalue weighted by Crippen LogP contribution is -2.39. The van der Waals surface area contributed by atoms with Gasteiger partial charge < -0.3 is 10.6 Å². The Morgan fingerprint density at radius 3 is 2.82 bits per heavy atom. The van der Waals surface area contributed by atoms with Gasteiger partial charge in [0.1, 0.15) is 0 Å². The van der Waals surface area contributed by atoms with Crippen LogP contribution in [-0.4, -0.2) is 33.9 Å². The number of aromatic nitrogens is 2. The molecule has 1 aromatic rings. The van der Waals surface area contributed by atoms with Gasteiger partial charge in [0.2, 0.25) is 11.0 Å². The Morgan fingerprint density at radius 1 is 1.41 bits per heavy atom. The summed E-state index contributed by atoms with van der Waals surface area (Å²) in [5, 5.41) is 15.1. The Bertz CT molecular complexity index is 484. The Morgan fingerprint density at radius 2 is 2.14 bits per heavy atom. The van der Waals surface area contributed by atoms with Gasteiger partial charge in [-0.15, -0.1) is 16.8 Å². The zero-order valence-electron chi connectivity index (χ0n) is 13.0. The summed E-state index contributed by atoms with van der Waals surface area (Å²) >= 11 is 2.94. The van der Waals surface area contributed by atoms with Crippen LogP contribution >= 0.6 is 23.1 Å². The summed E-state index contributed by atoms with van der Waals surface area (Å²) in [7, 11) is 0. The Kier molecular flexibility index (Phi) is 7.18. The summed E-state index contributed by atoms with van der Waals surface area (Å²) in [5.74, 6) is 0.104. The van der Waals surface area contributed by atoms with Crippen LogP contribution in [0.25, 0.3) is 0 Å². The summed E-state index contributed by atoms with van der Waals surface area (Å²) in [6, 6.07) is 0.345. The molecule has 1 aliphatic carbocycles. The second-order valence-corrected chi connectivity index (χ2v) is 8.07. The molecular weight excluding hydrogens is 316 g/mol. The van der Waals surface area contributed by atoms with Crippen LogP contribution in [0.4, 0.5) is 5.13 Å². The van der Waals surface area contributed by atoms with Gasteiger partial charge in [-0.25, -0.2) is 0 Å². The van der Waals surface area contributed by atoms with Crippen LogP contribution in [0.15, 0.2) is 17.0 Å². The fourth-order valence-electron chi connectivity index (χ4n) is 2.44. The molecule has 0 radical (unpaired) electrons. The van der Waals surface area contributed by atoms with Crippen LogP contribution < -0.4 is 10.6 Å². The molecule has 1 aliphatic rings. The van der Waals surface area contributed by atoms with Crippen molar-refractivity contribution < 1.29 is 4.79 Å². The van der Waals surface area contributed by atoms with E-state index in [9.17, 15) is 4.79 Å². The number of rotatable bonds is 7. The van der Waals surface area contributed by atoms with Gasteiger partial charge in [-0.05, 0) is 19.8 Å². The first-order valence-corrected chi connectivity index (χ1v) is 9.54. The molecule has 2 N–H and O–H groups in total. The zero-order chi connectivity index (χ0) is 15.8. The van der Waals surface area contributed by atoms with Gasteiger partial charge in [-0.1, -0.05) is 54.9 Å². The highest BCUT2D eigenvalue weighted by Crippen LogP contribution is 2.29. The lowest BCUT2D eigenvalue weighted by Gasteiger charge is -2.18. The molecule has 2 rings (SSSR count). The van der Waals surface area contributed by atoms with E-state index in [0.29, 0.717) is 12.6 Å². The maximum Gasteiger partial charge on any atom is 0.233 e. The molecule has 1 heterocycles. The number of nitrogens with one attached hydrogen (secondary N) is 2. The highest BCUT2D eigenvalue weighted by atomic mass is 32.2. The molecule has 1 aromatic heterocycles. The molecule has 0 aromatic carbocycles. The van der Waals surface area contributed by atoms with Crippen LogP contribution in [0.3, 0.4) is 0 Å². The minimum absolute atomic E-state index is 0.104. The summed E-state index contributed by atoms with van der Waals surface area (Å²) < 4.78 is 0.815. The van der Waals surface area contributed by atoms with E-state index < -0.39 is 0 Å². The number of carbonyl (C=O) groups excluding carboxylic acids is 1. The van der Waals surface area contributed by atoms with Gasteiger partial charge in [0.15, 0.2) is 4.34 Å². The first-order valence-electron chi connectivity index (χ1n) is 7.84. The molecule has 0 unspecified atom stereocenters. The number of anilines is 1. The van der Waals surface area contributed by atoms with Crippen molar-refractivity contribution in [3.63, 3.8) is 0 Å². The van der Waals surface area contributed by atoms with Crippen molar-refractivity contribution in [2.24, 2.45) is 0 Å². The van der Waals surface area contributed by atoms with Crippen LogP contribution in [-0.2, 0) is 4.79 Å². The summed E-state index contributed by atoms with van der Waals surface area (Å²) in [5.41, 5.74) is 0. The molecule has 0 aliphatic heterocycles. The summed E-state index contributed by atoms with van der Waals surface area (Å²) in [6.07, 6.45) is 9.03. The molecule has 122 valence electrons. The van der Waals surface area contributed by atoms with E-state index in [4.69, 9.17) is 0 Å². The standard InChI is InChI=1S/C15H24N4OS2/c1-3-10-16-14-18-19-15(22-14)21-11(2)13(20)17-12-8-6-4-5-7-9-12/h3,11-12H,1,4-10H2,2H3,(H,16,18)(H,17,20)/t11-/m0/s1. The molecule has 5 nitrogen and oxygen atoms in total. The monoisotopic (exact) mass is 340 g/mol. The predicted octanol–water partition coefficient (Wildman–Crippen LogP) is 3.46. The van der Waals surface area contributed by atoms with Gasteiger partial charge in [-0.3, -0.25) is 4.79 Å². The second kappa shape index (κ2) is 9.15. The molecule has 0 saturated heterocycles. The van der Waals surface area contributed by atoms with E-state index in [-0.39, 0.29) is 11.2 Å². The van der Waals surface area contributed by atoms with Crippen LogP contribution in [0.2, 0.25) is 0 Å². The fraction of sp³-hybridized carbons (Fsp3) is 0.667. The molecule has 0 spiro atoms. The third kappa shape index (κ3) is 5.61. The Labute approximate surface area is 140 Å². The van der Waals surface area contributed by atoms with Crippen molar-refractivity contribution in [1.82, 2.24) is 15.5 Å². The number of hydrogen-bond acceptors (Lipinski definition) is 6. The number of hydrogen-bond donors (Lipinski definition) is 2. The van der Waals surface area contributed by atoms with E-state index in [0.717, 1.165) is 22.3 Å². The summed E-state index contributed by atoms with van der Waals surface area (Å²) in [4.78, 5) is 12.3. The predicted molar refractivity (Wildman–Crippen MR) is 93.5 cm³/mol. The third-order valence-corrected chi connectivity index (χ3v) is 5.72. The Balaban J connectivity index is 1.79. The average molecular weight is 341 g/mol. The van der Waals surface area contributed by atoms with E-state index in [1.165, 1.54) is 48.8 Å². The second-order valence-electron chi connectivity index (χ2n) is 5.50. The smallest absolute Gasteiger partial charge is 0.233 e. The van der Waals surface area contributed by atoms with Crippen LogP contribution in [0.1, 0.15) is 45.4 Å². The molecule has 22 heavy (non-hydrogen) atoms. The van der Waals surface area contributed by atoms with E-state index >= 15 is 0 Å². The number of amides is 1. The normalized spacial score (nSPS) is 17.5. The topological polar surface area (TPSA) is 66.9 Å². The maximum absolute atomic E-state index is 12.3. The number of carbonyl (C=O) groups is 1.